The molecule has 1 aromatic heterocycles. The lowest BCUT2D eigenvalue weighted by Crippen LogP contribution is -2.32. The van der Waals surface area contributed by atoms with Crippen LogP contribution in [0.1, 0.15) is 35.3 Å². The monoisotopic (exact) mass is 298 g/mol. The molecule has 0 saturated carbocycles. The van der Waals surface area contributed by atoms with E-state index in [9.17, 15) is 4.79 Å². The van der Waals surface area contributed by atoms with Gasteiger partial charge in [0.15, 0.2) is 0 Å². The van der Waals surface area contributed by atoms with Crippen LogP contribution >= 0.6 is 0 Å². The SMILES string of the molecule is CCOc1ncccc1C(=O)N[C@@H]1CCOc2ccccc21. The number of nitrogens with one attached hydrogen (secondary N) is 1. The maximum absolute atomic E-state index is 12.5. The van der Waals surface area contributed by atoms with Crippen molar-refractivity contribution in [2.45, 2.75) is 19.4 Å². The summed E-state index contributed by atoms with van der Waals surface area (Å²) in [6.07, 6.45) is 2.36. The number of pyridine rings is 1. The van der Waals surface area contributed by atoms with Gasteiger partial charge in [-0.3, -0.25) is 4.79 Å². The highest BCUT2D eigenvalue weighted by atomic mass is 16.5. The molecule has 5 nitrogen and oxygen atoms in total. The van der Waals surface area contributed by atoms with Gasteiger partial charge in [-0.05, 0) is 25.1 Å². The number of nitrogens with zero attached hydrogens (tertiary/aromatic N) is 1. The van der Waals surface area contributed by atoms with E-state index in [2.05, 4.69) is 10.3 Å². The Morgan fingerprint density at radius 3 is 3.09 bits per heavy atom. The highest BCUT2D eigenvalue weighted by molar-refractivity contribution is 5.96. The number of amides is 1. The van der Waals surface area contributed by atoms with Crippen LogP contribution in [0.15, 0.2) is 42.6 Å². The third kappa shape index (κ3) is 2.88. The lowest BCUT2D eigenvalue weighted by Gasteiger charge is -2.26. The van der Waals surface area contributed by atoms with Crippen LogP contribution in [0.3, 0.4) is 0 Å². The van der Waals surface area contributed by atoms with Gasteiger partial charge in [0, 0.05) is 18.2 Å². The van der Waals surface area contributed by atoms with Crippen LogP contribution in [0.4, 0.5) is 0 Å². The summed E-state index contributed by atoms with van der Waals surface area (Å²) >= 11 is 0. The van der Waals surface area contributed by atoms with Crippen molar-refractivity contribution in [3.8, 4) is 11.6 Å². The quantitative estimate of drug-likeness (QED) is 0.943. The Hall–Kier alpha value is -2.56. The van der Waals surface area contributed by atoms with Gasteiger partial charge in [-0.2, -0.15) is 0 Å². The topological polar surface area (TPSA) is 60.5 Å². The molecule has 1 aromatic carbocycles. The highest BCUT2D eigenvalue weighted by Crippen LogP contribution is 2.32. The van der Waals surface area contributed by atoms with Crippen molar-refractivity contribution in [2.75, 3.05) is 13.2 Å². The van der Waals surface area contributed by atoms with Gasteiger partial charge in [0.2, 0.25) is 5.88 Å². The van der Waals surface area contributed by atoms with Gasteiger partial charge in [0.05, 0.1) is 19.3 Å². The number of para-hydroxylation sites is 1. The smallest absolute Gasteiger partial charge is 0.257 e. The van der Waals surface area contributed by atoms with E-state index in [1.165, 1.54) is 0 Å². The zero-order chi connectivity index (χ0) is 15.4. The van der Waals surface area contributed by atoms with Crippen molar-refractivity contribution < 1.29 is 14.3 Å². The minimum atomic E-state index is -0.182. The number of ether oxygens (including phenoxy) is 2. The minimum absolute atomic E-state index is 0.0628. The van der Waals surface area contributed by atoms with E-state index in [1.807, 2.05) is 31.2 Å². The third-order valence-electron chi connectivity index (χ3n) is 3.56. The number of hydrogen-bond donors (Lipinski definition) is 1. The molecular weight excluding hydrogens is 280 g/mol. The zero-order valence-electron chi connectivity index (χ0n) is 12.4. The van der Waals surface area contributed by atoms with Gasteiger partial charge < -0.3 is 14.8 Å². The molecule has 5 heteroatoms. The van der Waals surface area contributed by atoms with E-state index in [0.717, 1.165) is 17.7 Å². The van der Waals surface area contributed by atoms with Gasteiger partial charge in [-0.25, -0.2) is 4.98 Å². The lowest BCUT2D eigenvalue weighted by atomic mass is 10.0. The Morgan fingerprint density at radius 1 is 1.36 bits per heavy atom. The Labute approximate surface area is 129 Å². The molecule has 0 unspecified atom stereocenters. The summed E-state index contributed by atoms with van der Waals surface area (Å²) in [4.78, 5) is 16.7. The number of hydrogen-bond acceptors (Lipinski definition) is 4. The lowest BCUT2D eigenvalue weighted by molar-refractivity contribution is 0.0920. The van der Waals surface area contributed by atoms with E-state index < -0.39 is 0 Å². The number of rotatable bonds is 4. The van der Waals surface area contributed by atoms with Gasteiger partial charge in [0.25, 0.3) is 5.91 Å². The standard InChI is InChI=1S/C17H18N2O3/c1-2-21-17-13(7-5-10-18-17)16(20)19-14-9-11-22-15-8-4-3-6-12(14)15/h3-8,10,14H,2,9,11H2,1H3,(H,19,20)/t14-/m1/s1. The molecule has 114 valence electrons. The highest BCUT2D eigenvalue weighted by Gasteiger charge is 2.24. The van der Waals surface area contributed by atoms with E-state index >= 15 is 0 Å². The van der Waals surface area contributed by atoms with Gasteiger partial charge in [-0.1, -0.05) is 18.2 Å². The summed E-state index contributed by atoms with van der Waals surface area (Å²) in [5, 5.41) is 3.05. The number of benzene rings is 1. The number of carbonyl (C=O) groups is 1. The van der Waals surface area contributed by atoms with Crippen molar-refractivity contribution in [2.24, 2.45) is 0 Å². The average Bonchev–Trinajstić information content (AvgIpc) is 2.56. The van der Waals surface area contributed by atoms with Crippen molar-refractivity contribution in [1.82, 2.24) is 10.3 Å². The Kier molecular flexibility index (Phi) is 4.23. The summed E-state index contributed by atoms with van der Waals surface area (Å²) in [5.41, 5.74) is 1.46. The van der Waals surface area contributed by atoms with Crippen LogP contribution in [0.5, 0.6) is 11.6 Å². The molecule has 1 atom stereocenters. The van der Waals surface area contributed by atoms with Crippen molar-refractivity contribution in [3.63, 3.8) is 0 Å². The van der Waals surface area contributed by atoms with Crippen LogP contribution in [-0.2, 0) is 0 Å². The molecule has 0 aliphatic carbocycles. The molecule has 1 aliphatic rings. The first-order valence-corrected chi connectivity index (χ1v) is 7.40. The number of fused-ring (bicyclic) bond motifs is 1. The second-order valence-corrected chi connectivity index (χ2v) is 4.99. The average molecular weight is 298 g/mol. The zero-order valence-corrected chi connectivity index (χ0v) is 12.4. The second-order valence-electron chi connectivity index (χ2n) is 4.99. The molecule has 0 fully saturated rings. The number of carbonyl (C=O) groups excluding carboxylic acids is 1. The van der Waals surface area contributed by atoms with E-state index in [4.69, 9.17) is 9.47 Å². The van der Waals surface area contributed by atoms with Crippen LogP contribution in [0, 0.1) is 0 Å². The maximum atomic E-state index is 12.5. The second kappa shape index (κ2) is 6.47. The largest absolute Gasteiger partial charge is 0.493 e. The first-order valence-electron chi connectivity index (χ1n) is 7.40. The Morgan fingerprint density at radius 2 is 2.23 bits per heavy atom. The van der Waals surface area contributed by atoms with Gasteiger partial charge in [-0.15, -0.1) is 0 Å². The summed E-state index contributed by atoms with van der Waals surface area (Å²) in [6, 6.07) is 11.2. The molecular formula is C17H18N2O3. The Bertz CT molecular complexity index is 672. The van der Waals surface area contributed by atoms with E-state index in [-0.39, 0.29) is 11.9 Å². The van der Waals surface area contributed by atoms with Crippen molar-refractivity contribution in [1.29, 1.82) is 0 Å². The van der Waals surface area contributed by atoms with Gasteiger partial charge in [0.1, 0.15) is 11.3 Å². The first kappa shape index (κ1) is 14.4. The minimum Gasteiger partial charge on any atom is -0.493 e. The predicted octanol–water partition coefficient (Wildman–Crippen LogP) is 2.73. The molecule has 3 rings (SSSR count). The molecule has 0 saturated heterocycles. The molecule has 2 aromatic rings. The number of aromatic nitrogens is 1. The molecule has 1 amide bonds. The molecule has 0 spiro atoms. The summed E-state index contributed by atoms with van der Waals surface area (Å²) in [7, 11) is 0. The fraction of sp³-hybridized carbons (Fsp3) is 0.294. The fourth-order valence-electron chi connectivity index (χ4n) is 2.54. The predicted molar refractivity (Wildman–Crippen MR) is 82.2 cm³/mol. The summed E-state index contributed by atoms with van der Waals surface area (Å²) in [6.45, 7) is 2.93. The van der Waals surface area contributed by atoms with Crippen LogP contribution < -0.4 is 14.8 Å². The molecule has 2 heterocycles. The van der Waals surface area contributed by atoms with Crippen LogP contribution in [0.2, 0.25) is 0 Å². The normalized spacial score (nSPS) is 16.3. The maximum Gasteiger partial charge on any atom is 0.257 e. The first-order chi connectivity index (χ1) is 10.8. The molecule has 22 heavy (non-hydrogen) atoms. The van der Waals surface area contributed by atoms with Crippen LogP contribution in [0.25, 0.3) is 0 Å². The molecule has 0 bridgehead atoms. The van der Waals surface area contributed by atoms with Crippen molar-refractivity contribution in [3.05, 3.63) is 53.7 Å². The van der Waals surface area contributed by atoms with Crippen LogP contribution in [-0.4, -0.2) is 24.1 Å². The van der Waals surface area contributed by atoms with E-state index in [0.29, 0.717) is 24.7 Å². The van der Waals surface area contributed by atoms with E-state index in [1.54, 1.807) is 18.3 Å². The summed E-state index contributed by atoms with van der Waals surface area (Å²) < 4.78 is 11.0. The summed E-state index contributed by atoms with van der Waals surface area (Å²) in [5.74, 6) is 1.01. The Balaban J connectivity index is 1.81. The van der Waals surface area contributed by atoms with Crippen molar-refractivity contribution >= 4 is 5.91 Å². The molecule has 1 aliphatic heterocycles. The fourth-order valence-corrected chi connectivity index (χ4v) is 2.54. The molecule has 0 radical (unpaired) electrons. The van der Waals surface area contributed by atoms with Gasteiger partial charge >= 0.3 is 0 Å². The molecule has 1 N–H and O–H groups in total. The third-order valence-corrected chi connectivity index (χ3v) is 3.56.